The molecular formula is C14H17FN2. The number of aliphatic imine (C=N–C) groups is 1. The van der Waals surface area contributed by atoms with Crippen LogP contribution in [0.15, 0.2) is 23.2 Å². The fourth-order valence-corrected chi connectivity index (χ4v) is 1.96. The normalized spacial score (nSPS) is 16.2. The number of hydrogen-bond acceptors (Lipinski definition) is 2. The summed E-state index contributed by atoms with van der Waals surface area (Å²) in [7, 11) is 0. The van der Waals surface area contributed by atoms with Gasteiger partial charge in [0, 0.05) is 5.56 Å². The molecule has 2 rings (SSSR count). The van der Waals surface area contributed by atoms with Crippen molar-refractivity contribution in [3.8, 4) is 0 Å². The highest BCUT2D eigenvalue weighted by molar-refractivity contribution is 5.92. The van der Waals surface area contributed by atoms with Crippen molar-refractivity contribution < 1.29 is 4.39 Å². The van der Waals surface area contributed by atoms with Gasteiger partial charge in [-0.15, -0.1) is 0 Å². The molecule has 0 spiro atoms. The molecule has 0 atom stereocenters. The summed E-state index contributed by atoms with van der Waals surface area (Å²) in [6, 6.07) is 3.46. The Labute approximate surface area is 101 Å². The van der Waals surface area contributed by atoms with Crippen LogP contribution >= 0.6 is 0 Å². The largest absolute Gasteiger partial charge is 0.346 e. The van der Waals surface area contributed by atoms with Gasteiger partial charge >= 0.3 is 0 Å². The maximum Gasteiger partial charge on any atom is 0.128 e. The first-order valence-electron chi connectivity index (χ1n) is 5.96. The van der Waals surface area contributed by atoms with Crippen LogP contribution in [0, 0.1) is 5.82 Å². The fraction of sp³-hybridized carbons (Fsp3) is 0.357. The van der Waals surface area contributed by atoms with E-state index < -0.39 is 0 Å². The summed E-state index contributed by atoms with van der Waals surface area (Å²) >= 11 is 0. The van der Waals surface area contributed by atoms with E-state index in [1.807, 2.05) is 19.9 Å². The van der Waals surface area contributed by atoms with Crippen molar-refractivity contribution in [2.75, 3.05) is 5.32 Å². The third-order valence-corrected chi connectivity index (χ3v) is 2.86. The van der Waals surface area contributed by atoms with E-state index in [9.17, 15) is 4.39 Å². The molecule has 0 saturated heterocycles. The van der Waals surface area contributed by atoms with Gasteiger partial charge in [0.05, 0.1) is 17.7 Å². The summed E-state index contributed by atoms with van der Waals surface area (Å²) in [4.78, 5) is 4.29. The molecule has 1 N–H and O–H groups in total. The molecule has 0 unspecified atom stereocenters. The Morgan fingerprint density at radius 2 is 2.18 bits per heavy atom. The second-order valence-corrected chi connectivity index (χ2v) is 4.47. The lowest BCUT2D eigenvalue weighted by molar-refractivity contribution is 0.598. The summed E-state index contributed by atoms with van der Waals surface area (Å²) in [6.45, 7) is 6.05. The van der Waals surface area contributed by atoms with Crippen molar-refractivity contribution in [2.24, 2.45) is 4.99 Å². The zero-order chi connectivity index (χ0) is 12.4. The van der Waals surface area contributed by atoms with Crippen LogP contribution in [0.25, 0.3) is 5.70 Å². The van der Waals surface area contributed by atoms with Crippen molar-refractivity contribution >= 4 is 17.7 Å². The molecule has 1 aliphatic rings. The number of allylic oxidation sites excluding steroid dienone is 1. The monoisotopic (exact) mass is 232 g/mol. The summed E-state index contributed by atoms with van der Waals surface area (Å²) < 4.78 is 13.8. The van der Waals surface area contributed by atoms with E-state index >= 15 is 0 Å². The molecule has 0 saturated carbocycles. The Balaban J connectivity index is 2.56. The fourth-order valence-electron chi connectivity index (χ4n) is 1.96. The molecular weight excluding hydrogens is 215 g/mol. The van der Waals surface area contributed by atoms with E-state index in [0.717, 1.165) is 28.9 Å². The molecule has 1 heterocycles. The molecule has 0 amide bonds. The van der Waals surface area contributed by atoms with Crippen LogP contribution in [-0.2, 0) is 0 Å². The molecule has 0 radical (unpaired) electrons. The predicted molar refractivity (Wildman–Crippen MR) is 70.9 cm³/mol. The minimum absolute atomic E-state index is 0.155. The topological polar surface area (TPSA) is 24.4 Å². The average molecular weight is 232 g/mol. The number of anilines is 1. The van der Waals surface area contributed by atoms with Crippen LogP contribution in [0.2, 0.25) is 0 Å². The van der Waals surface area contributed by atoms with Crippen molar-refractivity contribution in [1.29, 1.82) is 0 Å². The third kappa shape index (κ3) is 2.23. The molecule has 0 aliphatic carbocycles. The van der Waals surface area contributed by atoms with Gasteiger partial charge in [-0.2, -0.15) is 0 Å². The number of hydrogen-bond donors (Lipinski definition) is 1. The lowest BCUT2D eigenvalue weighted by atomic mass is 9.96. The van der Waals surface area contributed by atoms with E-state index in [2.05, 4.69) is 23.3 Å². The van der Waals surface area contributed by atoms with Crippen molar-refractivity contribution in [1.82, 2.24) is 0 Å². The quantitative estimate of drug-likeness (QED) is 0.813. The van der Waals surface area contributed by atoms with Crippen LogP contribution in [0.1, 0.15) is 44.2 Å². The maximum absolute atomic E-state index is 13.8. The number of nitrogens with zero attached hydrogens (tertiary/aromatic N) is 1. The molecule has 1 aromatic carbocycles. The molecule has 17 heavy (non-hydrogen) atoms. The lowest BCUT2D eigenvalue weighted by Gasteiger charge is -2.18. The Morgan fingerprint density at radius 3 is 2.82 bits per heavy atom. The highest BCUT2D eigenvalue weighted by atomic mass is 19.1. The molecule has 1 aliphatic heterocycles. The molecule has 0 fully saturated rings. The first-order valence-corrected chi connectivity index (χ1v) is 5.96. The second kappa shape index (κ2) is 4.70. The van der Waals surface area contributed by atoms with Crippen LogP contribution < -0.4 is 5.32 Å². The van der Waals surface area contributed by atoms with Gasteiger partial charge in [-0.3, -0.25) is 0 Å². The van der Waals surface area contributed by atoms with E-state index in [1.165, 1.54) is 0 Å². The van der Waals surface area contributed by atoms with Gasteiger partial charge in [-0.05, 0) is 30.0 Å². The molecule has 1 aromatic rings. The summed E-state index contributed by atoms with van der Waals surface area (Å²) in [5.41, 5.74) is 3.44. The zero-order valence-electron chi connectivity index (χ0n) is 10.4. The number of rotatable bonds is 2. The van der Waals surface area contributed by atoms with Gasteiger partial charge in [0.1, 0.15) is 5.82 Å². The Morgan fingerprint density at radius 1 is 1.41 bits per heavy atom. The average Bonchev–Trinajstić information content (AvgIpc) is 2.28. The SMILES string of the molecule is CCC=C1N=CNc2cc(F)c(C(C)C)cc21. The van der Waals surface area contributed by atoms with E-state index in [4.69, 9.17) is 0 Å². The number of benzene rings is 1. The van der Waals surface area contributed by atoms with Gasteiger partial charge in [-0.1, -0.05) is 26.8 Å². The maximum atomic E-state index is 13.8. The smallest absolute Gasteiger partial charge is 0.128 e. The molecule has 0 bridgehead atoms. The zero-order valence-corrected chi connectivity index (χ0v) is 10.4. The van der Waals surface area contributed by atoms with Gasteiger partial charge in [-0.25, -0.2) is 9.38 Å². The molecule has 90 valence electrons. The first-order chi connectivity index (χ1) is 8.13. The molecule has 0 aromatic heterocycles. The van der Waals surface area contributed by atoms with Crippen molar-refractivity contribution in [3.05, 3.63) is 35.2 Å². The highest BCUT2D eigenvalue weighted by Gasteiger charge is 2.16. The third-order valence-electron chi connectivity index (χ3n) is 2.86. The lowest BCUT2D eigenvalue weighted by Crippen LogP contribution is -2.07. The van der Waals surface area contributed by atoms with Crippen LogP contribution in [0.4, 0.5) is 10.1 Å². The van der Waals surface area contributed by atoms with E-state index in [-0.39, 0.29) is 11.7 Å². The Bertz CT molecular complexity index is 487. The minimum atomic E-state index is -0.155. The Kier molecular flexibility index (Phi) is 3.27. The van der Waals surface area contributed by atoms with Crippen LogP contribution in [0.5, 0.6) is 0 Å². The minimum Gasteiger partial charge on any atom is -0.346 e. The predicted octanol–water partition coefficient (Wildman–Crippen LogP) is 4.15. The van der Waals surface area contributed by atoms with Crippen molar-refractivity contribution in [2.45, 2.75) is 33.1 Å². The van der Waals surface area contributed by atoms with Crippen LogP contribution in [-0.4, -0.2) is 6.34 Å². The Hall–Kier alpha value is -1.64. The van der Waals surface area contributed by atoms with Gasteiger partial charge in [0.25, 0.3) is 0 Å². The van der Waals surface area contributed by atoms with Gasteiger partial charge in [0.2, 0.25) is 0 Å². The number of halogens is 1. The first kappa shape index (κ1) is 11.8. The summed E-state index contributed by atoms with van der Waals surface area (Å²) in [5, 5.41) is 2.99. The van der Waals surface area contributed by atoms with Gasteiger partial charge < -0.3 is 5.32 Å². The summed E-state index contributed by atoms with van der Waals surface area (Å²) in [5.74, 6) is 0.0199. The van der Waals surface area contributed by atoms with Crippen molar-refractivity contribution in [3.63, 3.8) is 0 Å². The molecule has 2 nitrogen and oxygen atoms in total. The summed E-state index contributed by atoms with van der Waals surface area (Å²) in [6.07, 6.45) is 4.58. The number of fused-ring (bicyclic) bond motifs is 1. The standard InChI is InChI=1S/C14H17FN2/c1-4-5-13-11-6-10(9(2)3)12(15)7-14(11)17-8-16-13/h5-9H,4H2,1-3H3,(H,16,17). The van der Waals surface area contributed by atoms with Crippen LogP contribution in [0.3, 0.4) is 0 Å². The second-order valence-electron chi connectivity index (χ2n) is 4.47. The number of nitrogens with one attached hydrogen (secondary N) is 1. The molecule has 3 heteroatoms. The highest BCUT2D eigenvalue weighted by Crippen LogP contribution is 2.32. The van der Waals surface area contributed by atoms with E-state index in [0.29, 0.717) is 0 Å². The van der Waals surface area contributed by atoms with E-state index in [1.54, 1.807) is 12.4 Å². The van der Waals surface area contributed by atoms with Gasteiger partial charge in [0.15, 0.2) is 0 Å².